The highest BCUT2D eigenvalue weighted by Gasteiger charge is 2.25. The van der Waals surface area contributed by atoms with Crippen LogP contribution >= 0.6 is 22.7 Å². The van der Waals surface area contributed by atoms with Gasteiger partial charge < -0.3 is 55.5 Å². The minimum absolute atomic E-state index is 0.0551. The van der Waals surface area contributed by atoms with Gasteiger partial charge in [-0.05, 0) is 158 Å². The number of aliphatic hydroxyl groups is 2. The number of rotatable bonds is 24. The van der Waals surface area contributed by atoms with Gasteiger partial charge in [0.1, 0.15) is 71.4 Å². The Hall–Kier alpha value is -6.32. The molecule has 360 valence electrons. The van der Waals surface area contributed by atoms with Crippen LogP contribution in [0.25, 0.3) is 63.3 Å². The molecule has 0 spiro atoms. The van der Waals surface area contributed by atoms with Gasteiger partial charge in [-0.3, -0.25) is 0 Å². The lowest BCUT2D eigenvalue weighted by Crippen LogP contribution is -2.32. The Labute approximate surface area is 410 Å². The van der Waals surface area contributed by atoms with Crippen LogP contribution in [0.2, 0.25) is 0 Å². The standard InChI is InChI=1S/C56H60N2O9S2/c1-3-5-7-25-57-31-41(63)33-65-43-19-23-49(47(29-43)53-45-21-17-39(61)27-51(45)68-55(53)35-9-13-37(59)14-10-35)67-50-24-20-44(66-34-42(64)32-58-26-8-6-4-2)30-48(50)54-46-22-18-40(62)28-52(46)69-56(54)36-11-15-38(60)16-12-36/h9-24,27-30,41-42,57-64H,3-8,25-26,31-34H2,1-2H3. The number of phenols is 4. The van der Waals surface area contributed by atoms with Gasteiger partial charge in [-0.1, -0.05) is 39.5 Å². The molecule has 0 aliphatic heterocycles. The summed E-state index contributed by atoms with van der Waals surface area (Å²) in [7, 11) is 0. The molecule has 2 aromatic heterocycles. The van der Waals surface area contributed by atoms with Gasteiger partial charge in [-0.25, -0.2) is 0 Å². The smallest absolute Gasteiger partial charge is 0.135 e. The summed E-state index contributed by atoms with van der Waals surface area (Å²) in [5, 5.41) is 72.2. The molecular weight excluding hydrogens is 909 g/mol. The molecule has 0 saturated carbocycles. The number of thiophene rings is 2. The molecule has 0 saturated heterocycles. The lowest BCUT2D eigenvalue weighted by molar-refractivity contribution is 0.106. The third kappa shape index (κ3) is 12.3. The Balaban J connectivity index is 1.25. The molecule has 0 amide bonds. The largest absolute Gasteiger partial charge is 0.508 e. The fourth-order valence-corrected chi connectivity index (χ4v) is 10.8. The maximum absolute atomic E-state index is 10.9. The number of hydrogen-bond donors (Lipinski definition) is 8. The SMILES string of the molecule is CCCCCNCC(O)COc1ccc(Oc2ccc(OCC(O)CNCCCCC)cc2-c2c(-c3ccc(O)cc3)sc3cc(O)ccc23)c(-c2c(-c3ccc(O)cc3)sc3cc(O)ccc23)c1. The zero-order valence-electron chi connectivity index (χ0n) is 38.9. The van der Waals surface area contributed by atoms with Crippen LogP contribution in [0, 0.1) is 0 Å². The molecule has 13 heteroatoms. The molecule has 0 bridgehead atoms. The first-order valence-electron chi connectivity index (χ1n) is 23.7. The van der Waals surface area contributed by atoms with Crippen LogP contribution in [-0.2, 0) is 0 Å². The van der Waals surface area contributed by atoms with Crippen LogP contribution < -0.4 is 24.8 Å². The average molecular weight is 969 g/mol. The monoisotopic (exact) mass is 968 g/mol. The Bertz CT molecular complexity index is 2750. The molecule has 8 rings (SSSR count). The van der Waals surface area contributed by atoms with Gasteiger partial charge in [0.05, 0.1) is 0 Å². The van der Waals surface area contributed by atoms with Crippen molar-refractivity contribution in [1.29, 1.82) is 0 Å². The van der Waals surface area contributed by atoms with E-state index in [0.29, 0.717) is 47.2 Å². The number of ether oxygens (including phenoxy) is 3. The summed E-state index contributed by atoms with van der Waals surface area (Å²) in [6.07, 6.45) is 5.04. The second kappa shape index (κ2) is 23.3. The number of nitrogens with one attached hydrogen (secondary N) is 2. The predicted octanol–water partition coefficient (Wildman–Crippen LogP) is 12.4. The molecule has 8 N–H and O–H groups in total. The summed E-state index contributed by atoms with van der Waals surface area (Å²) in [6, 6.07) is 35.7. The summed E-state index contributed by atoms with van der Waals surface area (Å²) < 4.78 is 21.5. The van der Waals surface area contributed by atoms with E-state index in [-0.39, 0.29) is 36.2 Å². The number of fused-ring (bicyclic) bond motifs is 2. The summed E-state index contributed by atoms with van der Waals surface area (Å²) in [6.45, 7) is 6.84. The maximum Gasteiger partial charge on any atom is 0.135 e. The number of phenolic OH excluding ortho intramolecular Hbond substituents is 4. The minimum Gasteiger partial charge on any atom is -0.508 e. The maximum atomic E-state index is 10.9. The lowest BCUT2D eigenvalue weighted by atomic mass is 9.96. The fraction of sp³-hybridized carbons (Fsp3) is 0.286. The quantitative estimate of drug-likeness (QED) is 0.0271. The molecule has 2 unspecified atom stereocenters. The normalized spacial score (nSPS) is 12.4. The highest BCUT2D eigenvalue weighted by Crippen LogP contribution is 2.53. The molecule has 2 atom stereocenters. The summed E-state index contributed by atoms with van der Waals surface area (Å²) in [4.78, 5) is 1.74. The highest BCUT2D eigenvalue weighted by atomic mass is 32.1. The molecule has 8 aromatic rings. The number of aliphatic hydroxyl groups excluding tert-OH is 2. The zero-order valence-corrected chi connectivity index (χ0v) is 40.5. The third-order valence-electron chi connectivity index (χ3n) is 11.8. The fourth-order valence-electron chi connectivity index (χ4n) is 8.26. The van der Waals surface area contributed by atoms with Crippen molar-refractivity contribution in [3.05, 3.63) is 121 Å². The topological polar surface area (TPSA) is 173 Å². The van der Waals surface area contributed by atoms with Gasteiger partial charge >= 0.3 is 0 Å². The van der Waals surface area contributed by atoms with Crippen molar-refractivity contribution in [2.45, 2.75) is 64.6 Å². The molecule has 11 nitrogen and oxygen atoms in total. The molecule has 2 heterocycles. The van der Waals surface area contributed by atoms with Gasteiger partial charge in [0.25, 0.3) is 0 Å². The highest BCUT2D eigenvalue weighted by molar-refractivity contribution is 7.23. The predicted molar refractivity (Wildman–Crippen MR) is 280 cm³/mol. The Kier molecular flexibility index (Phi) is 16.6. The van der Waals surface area contributed by atoms with Crippen LogP contribution in [0.1, 0.15) is 52.4 Å². The van der Waals surface area contributed by atoms with Crippen molar-refractivity contribution in [2.24, 2.45) is 0 Å². The van der Waals surface area contributed by atoms with E-state index >= 15 is 0 Å². The number of benzene rings is 6. The van der Waals surface area contributed by atoms with Gasteiger partial charge in [0, 0.05) is 65.3 Å². The van der Waals surface area contributed by atoms with E-state index in [1.54, 1.807) is 48.5 Å². The van der Waals surface area contributed by atoms with E-state index in [2.05, 4.69) is 24.5 Å². The second-order valence-corrected chi connectivity index (χ2v) is 19.3. The molecule has 0 fully saturated rings. The van der Waals surface area contributed by atoms with Gasteiger partial charge in [-0.15, -0.1) is 22.7 Å². The van der Waals surface area contributed by atoms with Gasteiger partial charge in [0.2, 0.25) is 0 Å². The first kappa shape index (κ1) is 49.1. The molecule has 0 aliphatic carbocycles. The molecule has 0 radical (unpaired) electrons. The zero-order chi connectivity index (χ0) is 48.3. The minimum atomic E-state index is -0.750. The van der Waals surface area contributed by atoms with E-state index in [0.717, 1.165) is 104 Å². The molecule has 6 aromatic carbocycles. The first-order chi connectivity index (χ1) is 33.6. The van der Waals surface area contributed by atoms with Crippen molar-refractivity contribution in [3.8, 4) is 89.1 Å². The number of unbranched alkanes of at least 4 members (excludes halogenated alkanes) is 4. The first-order valence-corrected chi connectivity index (χ1v) is 25.3. The summed E-state index contributed by atoms with van der Waals surface area (Å²) >= 11 is 3.01. The summed E-state index contributed by atoms with van der Waals surface area (Å²) in [5.41, 5.74) is 4.69. The molecular formula is C56H60N2O9S2. The van der Waals surface area contributed by atoms with Crippen molar-refractivity contribution in [3.63, 3.8) is 0 Å². The van der Waals surface area contributed by atoms with Gasteiger partial charge in [-0.2, -0.15) is 0 Å². The van der Waals surface area contributed by atoms with E-state index in [1.165, 1.54) is 22.7 Å². The van der Waals surface area contributed by atoms with Crippen molar-refractivity contribution in [2.75, 3.05) is 39.4 Å². The number of aromatic hydroxyl groups is 4. The van der Waals surface area contributed by atoms with Crippen LogP contribution in [0.3, 0.4) is 0 Å². The van der Waals surface area contributed by atoms with Crippen LogP contribution in [0.5, 0.6) is 46.0 Å². The van der Waals surface area contributed by atoms with Crippen LogP contribution in [-0.4, -0.2) is 82.2 Å². The molecule has 0 aliphatic rings. The van der Waals surface area contributed by atoms with Crippen molar-refractivity contribution >= 4 is 42.8 Å². The average Bonchev–Trinajstić information content (AvgIpc) is 3.91. The summed E-state index contributed by atoms with van der Waals surface area (Å²) in [5.74, 6) is 2.51. The Morgan fingerprint density at radius 3 is 1.29 bits per heavy atom. The second-order valence-electron chi connectivity index (χ2n) is 17.2. The van der Waals surface area contributed by atoms with Crippen LogP contribution in [0.4, 0.5) is 0 Å². The Morgan fingerprint density at radius 1 is 0.478 bits per heavy atom. The molecule has 69 heavy (non-hydrogen) atoms. The van der Waals surface area contributed by atoms with E-state index in [4.69, 9.17) is 14.2 Å². The van der Waals surface area contributed by atoms with Crippen LogP contribution in [0.15, 0.2) is 121 Å². The van der Waals surface area contributed by atoms with E-state index in [9.17, 15) is 30.6 Å². The van der Waals surface area contributed by atoms with E-state index in [1.807, 2.05) is 72.8 Å². The Morgan fingerprint density at radius 2 is 0.884 bits per heavy atom. The third-order valence-corrected chi connectivity index (χ3v) is 14.2. The van der Waals surface area contributed by atoms with Crippen molar-refractivity contribution in [1.82, 2.24) is 10.6 Å². The van der Waals surface area contributed by atoms with Crippen molar-refractivity contribution < 1.29 is 44.8 Å². The van der Waals surface area contributed by atoms with Gasteiger partial charge in [0.15, 0.2) is 0 Å². The number of hydrogen-bond acceptors (Lipinski definition) is 13. The lowest BCUT2D eigenvalue weighted by Gasteiger charge is -2.19. The van der Waals surface area contributed by atoms with E-state index < -0.39 is 12.2 Å².